The molecule has 1 heterocycles. The molecule has 0 spiro atoms. The Morgan fingerprint density at radius 2 is 2.07 bits per heavy atom. The number of carbonyl (C=O) groups excluding carboxylic acids is 1. The number of sulfonamides is 1. The van der Waals surface area contributed by atoms with Crippen LogP contribution >= 0.6 is 0 Å². The number of carbonyl (C=O) groups is 1. The molecule has 5 nitrogen and oxygen atoms in total. The zero-order valence-electron chi connectivity index (χ0n) is 17.1. The van der Waals surface area contributed by atoms with Crippen LogP contribution in [0.15, 0.2) is 64.6 Å². The predicted molar refractivity (Wildman–Crippen MR) is 114 cm³/mol. The summed E-state index contributed by atoms with van der Waals surface area (Å²) in [6, 6.07) is 7.08. The van der Waals surface area contributed by atoms with E-state index >= 15 is 0 Å². The van der Waals surface area contributed by atoms with Crippen molar-refractivity contribution in [2.75, 3.05) is 19.7 Å². The molecule has 1 fully saturated rings. The Morgan fingerprint density at radius 1 is 1.28 bits per heavy atom. The minimum atomic E-state index is -3.57. The summed E-state index contributed by atoms with van der Waals surface area (Å²) in [6.45, 7) is 4.71. The lowest BCUT2D eigenvalue weighted by atomic mass is 9.95. The highest BCUT2D eigenvalue weighted by Crippen LogP contribution is 2.32. The predicted octanol–water partition coefficient (Wildman–Crippen LogP) is 4.16. The fourth-order valence-electron chi connectivity index (χ4n) is 3.84. The molecule has 1 saturated heterocycles. The first-order valence-corrected chi connectivity index (χ1v) is 11.7. The molecule has 1 unspecified atom stereocenters. The zero-order chi connectivity index (χ0) is 20.9. The van der Waals surface area contributed by atoms with Crippen LogP contribution in [0, 0.1) is 12.8 Å². The van der Waals surface area contributed by atoms with Gasteiger partial charge in [0.2, 0.25) is 10.0 Å². The van der Waals surface area contributed by atoms with Crippen LogP contribution in [-0.2, 0) is 19.6 Å². The number of allylic oxidation sites excluding steroid dienone is 3. The van der Waals surface area contributed by atoms with Crippen molar-refractivity contribution >= 4 is 16.0 Å². The Morgan fingerprint density at radius 3 is 2.83 bits per heavy atom. The molecule has 1 aliphatic carbocycles. The van der Waals surface area contributed by atoms with Crippen molar-refractivity contribution < 1.29 is 17.9 Å². The summed E-state index contributed by atoms with van der Waals surface area (Å²) in [5.74, 6) is -0.316. The quantitative estimate of drug-likeness (QED) is 0.421. The van der Waals surface area contributed by atoms with E-state index in [9.17, 15) is 13.2 Å². The largest absolute Gasteiger partial charge is 0.463 e. The summed E-state index contributed by atoms with van der Waals surface area (Å²) in [5.41, 5.74) is 2.68. The van der Waals surface area contributed by atoms with Crippen molar-refractivity contribution in [3.8, 4) is 0 Å². The number of benzene rings is 1. The van der Waals surface area contributed by atoms with Gasteiger partial charge in [-0.1, -0.05) is 36.4 Å². The highest BCUT2D eigenvalue weighted by Gasteiger charge is 2.35. The molecule has 0 saturated carbocycles. The summed E-state index contributed by atoms with van der Waals surface area (Å²) in [7, 11) is -3.57. The fourth-order valence-corrected chi connectivity index (χ4v) is 5.52. The van der Waals surface area contributed by atoms with Crippen molar-refractivity contribution in [3.05, 3.63) is 65.3 Å². The van der Waals surface area contributed by atoms with Crippen LogP contribution in [0.5, 0.6) is 0 Å². The average molecular weight is 416 g/mol. The number of hydrogen-bond donors (Lipinski definition) is 0. The van der Waals surface area contributed by atoms with E-state index in [1.165, 1.54) is 0 Å². The molecule has 0 bridgehead atoms. The minimum absolute atomic E-state index is 0.0255. The Labute approximate surface area is 173 Å². The maximum atomic E-state index is 13.2. The van der Waals surface area contributed by atoms with Crippen LogP contribution in [0.25, 0.3) is 0 Å². The molecule has 0 radical (unpaired) electrons. The molecule has 29 heavy (non-hydrogen) atoms. The lowest BCUT2D eigenvalue weighted by Crippen LogP contribution is -2.29. The maximum Gasteiger partial charge on any atom is 0.331 e. The SMILES string of the molecule is CCOC(=O)/C=C1/C=C2/CN(S(=O)(=O)c3ccccc3C)CC2/C=C\CCCC1. The smallest absolute Gasteiger partial charge is 0.331 e. The van der Waals surface area contributed by atoms with Crippen LogP contribution in [0.4, 0.5) is 0 Å². The van der Waals surface area contributed by atoms with Crippen LogP contribution in [0.1, 0.15) is 38.2 Å². The second kappa shape index (κ2) is 9.55. The van der Waals surface area contributed by atoms with Crippen molar-refractivity contribution in [1.29, 1.82) is 0 Å². The van der Waals surface area contributed by atoms with Gasteiger partial charge < -0.3 is 4.74 Å². The molecule has 1 aromatic rings. The highest BCUT2D eigenvalue weighted by molar-refractivity contribution is 7.89. The summed E-state index contributed by atoms with van der Waals surface area (Å²) in [5, 5.41) is 0. The van der Waals surface area contributed by atoms with Gasteiger partial charge in [0.15, 0.2) is 0 Å². The van der Waals surface area contributed by atoms with Gasteiger partial charge >= 0.3 is 5.97 Å². The van der Waals surface area contributed by atoms with E-state index in [0.717, 1.165) is 42.4 Å². The minimum Gasteiger partial charge on any atom is -0.463 e. The van der Waals surface area contributed by atoms with Gasteiger partial charge in [-0.15, -0.1) is 0 Å². The number of esters is 1. The standard InChI is InChI=1S/C23H29NO4S/c1-3-28-23(25)15-19-11-6-4-5-7-12-20-16-24(17-21(20)14-19)29(26,27)22-13-9-8-10-18(22)2/h7-10,12-15,20H,3-6,11,16-17H2,1-2H3/b12-7-,19-15+,21-14-. The summed E-state index contributed by atoms with van der Waals surface area (Å²) in [6.07, 6.45) is 11.6. The molecule has 1 aromatic carbocycles. The second-order valence-corrected chi connectivity index (χ2v) is 9.44. The monoisotopic (exact) mass is 415 g/mol. The van der Waals surface area contributed by atoms with Gasteiger partial charge in [0.25, 0.3) is 0 Å². The molecular formula is C23H29NO4S. The van der Waals surface area contributed by atoms with Crippen molar-refractivity contribution in [2.24, 2.45) is 5.92 Å². The molecule has 156 valence electrons. The van der Waals surface area contributed by atoms with E-state index in [2.05, 4.69) is 12.2 Å². The number of ether oxygens (including phenoxy) is 1. The van der Waals surface area contributed by atoms with E-state index in [-0.39, 0.29) is 11.9 Å². The third-order valence-electron chi connectivity index (χ3n) is 5.36. The molecule has 0 aromatic heterocycles. The molecule has 0 N–H and O–H groups in total. The van der Waals surface area contributed by atoms with E-state index in [1.807, 2.05) is 25.1 Å². The van der Waals surface area contributed by atoms with Crippen LogP contribution in [0.2, 0.25) is 0 Å². The number of rotatable bonds is 4. The van der Waals surface area contributed by atoms with Gasteiger partial charge in [0.05, 0.1) is 11.5 Å². The molecular weight excluding hydrogens is 386 g/mol. The number of hydrogen-bond acceptors (Lipinski definition) is 4. The van der Waals surface area contributed by atoms with Gasteiger partial charge in [-0.3, -0.25) is 0 Å². The van der Waals surface area contributed by atoms with Gasteiger partial charge in [-0.25, -0.2) is 13.2 Å². The van der Waals surface area contributed by atoms with Crippen molar-refractivity contribution in [3.63, 3.8) is 0 Å². The van der Waals surface area contributed by atoms with Crippen LogP contribution in [0.3, 0.4) is 0 Å². The maximum absolute atomic E-state index is 13.2. The molecule has 2 aliphatic rings. The zero-order valence-corrected chi connectivity index (χ0v) is 18.0. The summed E-state index contributed by atoms with van der Waals surface area (Å²) < 4.78 is 33.1. The number of fused-ring (bicyclic) bond motifs is 1. The first-order valence-electron chi connectivity index (χ1n) is 10.2. The molecule has 0 amide bonds. The van der Waals surface area contributed by atoms with Gasteiger partial charge in [-0.05, 0) is 62.3 Å². The first kappa shape index (κ1) is 21.5. The second-order valence-electron chi connectivity index (χ2n) is 7.53. The van der Waals surface area contributed by atoms with Crippen molar-refractivity contribution in [1.82, 2.24) is 4.31 Å². The van der Waals surface area contributed by atoms with E-state index in [0.29, 0.717) is 24.6 Å². The Bertz CT molecular complexity index is 943. The van der Waals surface area contributed by atoms with Gasteiger partial charge in [-0.2, -0.15) is 4.31 Å². The Hall–Kier alpha value is -2.18. The normalized spacial score (nSPS) is 25.1. The third-order valence-corrected chi connectivity index (χ3v) is 7.33. The van der Waals surface area contributed by atoms with Gasteiger partial charge in [0, 0.05) is 25.1 Å². The van der Waals surface area contributed by atoms with E-state index in [1.54, 1.807) is 29.4 Å². The topological polar surface area (TPSA) is 63.7 Å². The lowest BCUT2D eigenvalue weighted by Gasteiger charge is -2.17. The van der Waals surface area contributed by atoms with Crippen molar-refractivity contribution in [2.45, 2.75) is 44.4 Å². The summed E-state index contributed by atoms with van der Waals surface area (Å²) >= 11 is 0. The van der Waals surface area contributed by atoms with Crippen LogP contribution in [-0.4, -0.2) is 38.4 Å². The molecule has 1 aliphatic heterocycles. The third kappa shape index (κ3) is 5.25. The summed E-state index contributed by atoms with van der Waals surface area (Å²) in [4.78, 5) is 12.3. The van der Waals surface area contributed by atoms with E-state index < -0.39 is 10.0 Å². The average Bonchev–Trinajstić information content (AvgIpc) is 3.08. The lowest BCUT2D eigenvalue weighted by molar-refractivity contribution is -0.137. The number of nitrogens with zero attached hydrogens (tertiary/aromatic N) is 1. The fraction of sp³-hybridized carbons (Fsp3) is 0.435. The Kier molecular flexibility index (Phi) is 7.09. The van der Waals surface area contributed by atoms with Crippen LogP contribution < -0.4 is 0 Å². The molecule has 6 heteroatoms. The molecule has 3 rings (SSSR count). The first-order chi connectivity index (χ1) is 13.9. The molecule has 1 atom stereocenters. The Balaban J connectivity index is 1.93. The highest BCUT2D eigenvalue weighted by atomic mass is 32.2. The number of aryl methyl sites for hydroxylation is 1. The van der Waals surface area contributed by atoms with Gasteiger partial charge in [0.1, 0.15) is 0 Å². The van der Waals surface area contributed by atoms with E-state index in [4.69, 9.17) is 4.74 Å².